The van der Waals surface area contributed by atoms with Crippen molar-refractivity contribution >= 4 is 28.6 Å². The summed E-state index contributed by atoms with van der Waals surface area (Å²) in [7, 11) is 0. The van der Waals surface area contributed by atoms with Crippen LogP contribution in [0.5, 0.6) is 0 Å². The van der Waals surface area contributed by atoms with E-state index in [1.165, 1.54) is 0 Å². The highest BCUT2D eigenvalue weighted by molar-refractivity contribution is 14.1. The van der Waals surface area contributed by atoms with Crippen LogP contribution in [0, 0.1) is 3.57 Å². The quantitative estimate of drug-likeness (QED) is 0.833. The van der Waals surface area contributed by atoms with E-state index >= 15 is 0 Å². The van der Waals surface area contributed by atoms with E-state index in [-0.39, 0.29) is 5.54 Å². The van der Waals surface area contributed by atoms with Crippen molar-refractivity contribution in [3.63, 3.8) is 0 Å². The first-order chi connectivity index (χ1) is 7.29. The van der Waals surface area contributed by atoms with Crippen LogP contribution >= 0.6 is 22.6 Å². The molecule has 3 nitrogen and oxygen atoms in total. The number of hydrogen-bond acceptors (Lipinski definition) is 2. The number of rotatable bonds is 4. The van der Waals surface area contributed by atoms with E-state index in [4.69, 9.17) is 10.8 Å². The second-order valence-electron chi connectivity index (χ2n) is 4.60. The Kier molecular flexibility index (Phi) is 4.32. The summed E-state index contributed by atoms with van der Waals surface area (Å²) in [6.07, 6.45) is 1.65. The molecule has 0 saturated heterocycles. The lowest BCUT2D eigenvalue weighted by atomic mass is 9.96. The first-order valence-electron chi connectivity index (χ1n) is 5.10. The Bertz CT molecular complexity index is 396. The van der Waals surface area contributed by atoms with Gasteiger partial charge in [-0.3, -0.25) is 0 Å². The van der Waals surface area contributed by atoms with Crippen LogP contribution < -0.4 is 5.73 Å². The van der Waals surface area contributed by atoms with Crippen molar-refractivity contribution in [1.82, 2.24) is 0 Å². The summed E-state index contributed by atoms with van der Waals surface area (Å²) in [4.78, 5) is 10.8. The Morgan fingerprint density at radius 1 is 1.50 bits per heavy atom. The molecule has 0 heterocycles. The molecule has 1 aromatic rings. The number of aryl methyl sites for hydroxylation is 1. The zero-order chi connectivity index (χ0) is 12.3. The molecule has 0 spiro atoms. The largest absolute Gasteiger partial charge is 0.478 e. The zero-order valence-electron chi connectivity index (χ0n) is 9.46. The molecule has 0 aliphatic heterocycles. The number of aromatic carboxylic acids is 1. The van der Waals surface area contributed by atoms with Gasteiger partial charge < -0.3 is 10.8 Å². The molecular formula is C12H16INO2. The summed E-state index contributed by atoms with van der Waals surface area (Å²) in [5, 5.41) is 8.90. The van der Waals surface area contributed by atoms with Gasteiger partial charge in [0.2, 0.25) is 0 Å². The predicted molar refractivity (Wildman–Crippen MR) is 72.7 cm³/mol. The lowest BCUT2D eigenvalue weighted by Gasteiger charge is -2.18. The van der Waals surface area contributed by atoms with Gasteiger partial charge in [0.05, 0.1) is 5.56 Å². The minimum atomic E-state index is -0.885. The van der Waals surface area contributed by atoms with E-state index in [0.717, 1.165) is 22.0 Å². The van der Waals surface area contributed by atoms with Crippen molar-refractivity contribution in [1.29, 1.82) is 0 Å². The highest BCUT2D eigenvalue weighted by atomic mass is 127. The fourth-order valence-corrected chi connectivity index (χ4v) is 1.96. The molecule has 0 saturated carbocycles. The van der Waals surface area contributed by atoms with Gasteiger partial charge in [-0.25, -0.2) is 4.79 Å². The van der Waals surface area contributed by atoms with Crippen molar-refractivity contribution in [3.05, 3.63) is 32.9 Å². The summed E-state index contributed by atoms with van der Waals surface area (Å²) in [5.74, 6) is -0.885. The van der Waals surface area contributed by atoms with Crippen LogP contribution in [0.4, 0.5) is 0 Å². The van der Waals surface area contributed by atoms with E-state index in [0.29, 0.717) is 5.56 Å². The van der Waals surface area contributed by atoms with Crippen LogP contribution in [-0.4, -0.2) is 16.6 Å². The summed E-state index contributed by atoms with van der Waals surface area (Å²) < 4.78 is 1.09. The van der Waals surface area contributed by atoms with Gasteiger partial charge in [0, 0.05) is 9.11 Å². The van der Waals surface area contributed by atoms with Crippen LogP contribution in [0.25, 0.3) is 0 Å². The maximum atomic E-state index is 10.8. The fraction of sp³-hybridized carbons (Fsp3) is 0.417. The van der Waals surface area contributed by atoms with Crippen LogP contribution in [0.3, 0.4) is 0 Å². The van der Waals surface area contributed by atoms with Crippen LogP contribution in [-0.2, 0) is 6.42 Å². The second-order valence-corrected chi connectivity index (χ2v) is 5.76. The number of carboxylic acids is 1. The summed E-state index contributed by atoms with van der Waals surface area (Å²) in [5.41, 5.74) is 7.09. The molecule has 1 rings (SSSR count). The number of carbonyl (C=O) groups is 1. The Morgan fingerprint density at radius 2 is 2.12 bits per heavy atom. The minimum Gasteiger partial charge on any atom is -0.478 e. The standard InChI is InChI=1S/C12H16INO2/c1-12(2,14)6-5-8-7-9(11(15)16)3-4-10(8)13/h3-4,7H,5-6,14H2,1-2H3,(H,15,16). The van der Waals surface area contributed by atoms with Gasteiger partial charge in [-0.1, -0.05) is 0 Å². The summed E-state index contributed by atoms with van der Waals surface area (Å²) in [6, 6.07) is 5.19. The highest BCUT2D eigenvalue weighted by Crippen LogP contribution is 2.18. The molecule has 0 bridgehead atoms. The van der Waals surface area contributed by atoms with E-state index in [1.54, 1.807) is 12.1 Å². The number of carboxylic acid groups (broad SMARTS) is 1. The third-order valence-corrected chi connectivity index (χ3v) is 3.38. The van der Waals surface area contributed by atoms with Crippen LogP contribution in [0.15, 0.2) is 18.2 Å². The number of hydrogen-bond donors (Lipinski definition) is 2. The third-order valence-electron chi connectivity index (χ3n) is 2.33. The molecule has 4 heteroatoms. The van der Waals surface area contributed by atoms with Crippen molar-refractivity contribution < 1.29 is 9.90 Å². The molecule has 0 fully saturated rings. The molecule has 0 radical (unpaired) electrons. The second kappa shape index (κ2) is 5.14. The number of benzene rings is 1. The molecule has 0 aliphatic carbocycles. The lowest BCUT2D eigenvalue weighted by molar-refractivity contribution is 0.0696. The molecule has 0 atom stereocenters. The van der Waals surface area contributed by atoms with Gasteiger partial charge in [-0.2, -0.15) is 0 Å². The maximum Gasteiger partial charge on any atom is 0.335 e. The summed E-state index contributed by atoms with van der Waals surface area (Å²) in [6.45, 7) is 3.95. The molecule has 0 unspecified atom stereocenters. The molecular weight excluding hydrogens is 317 g/mol. The molecule has 16 heavy (non-hydrogen) atoms. The van der Waals surface area contributed by atoms with Crippen molar-refractivity contribution in [2.75, 3.05) is 0 Å². The number of nitrogens with two attached hydrogens (primary N) is 1. The van der Waals surface area contributed by atoms with E-state index in [9.17, 15) is 4.79 Å². The Balaban J connectivity index is 2.86. The van der Waals surface area contributed by atoms with Crippen molar-refractivity contribution in [2.45, 2.75) is 32.2 Å². The average Bonchev–Trinajstić information content (AvgIpc) is 2.14. The zero-order valence-corrected chi connectivity index (χ0v) is 11.6. The van der Waals surface area contributed by atoms with Gasteiger partial charge in [0.25, 0.3) is 0 Å². The topological polar surface area (TPSA) is 63.3 Å². The average molecular weight is 333 g/mol. The lowest BCUT2D eigenvalue weighted by Crippen LogP contribution is -2.32. The van der Waals surface area contributed by atoms with Crippen molar-refractivity contribution in [2.24, 2.45) is 5.73 Å². The summed E-state index contributed by atoms with van der Waals surface area (Å²) >= 11 is 2.22. The molecule has 0 aliphatic rings. The Morgan fingerprint density at radius 3 is 2.62 bits per heavy atom. The minimum absolute atomic E-state index is 0.220. The SMILES string of the molecule is CC(C)(N)CCc1cc(C(=O)O)ccc1I. The first-order valence-corrected chi connectivity index (χ1v) is 6.18. The Hall–Kier alpha value is -0.620. The third kappa shape index (κ3) is 4.09. The fourth-order valence-electron chi connectivity index (χ4n) is 1.36. The molecule has 3 N–H and O–H groups in total. The van der Waals surface area contributed by atoms with E-state index in [1.807, 2.05) is 19.9 Å². The monoisotopic (exact) mass is 333 g/mol. The molecule has 0 amide bonds. The predicted octanol–water partition coefficient (Wildman–Crippen LogP) is 2.66. The van der Waals surface area contributed by atoms with Crippen LogP contribution in [0.2, 0.25) is 0 Å². The molecule has 1 aromatic carbocycles. The van der Waals surface area contributed by atoms with Gasteiger partial charge in [-0.15, -0.1) is 0 Å². The van der Waals surface area contributed by atoms with Gasteiger partial charge in [0.1, 0.15) is 0 Å². The molecule has 88 valence electrons. The maximum absolute atomic E-state index is 10.8. The molecule has 0 aromatic heterocycles. The highest BCUT2D eigenvalue weighted by Gasteiger charge is 2.13. The van der Waals surface area contributed by atoms with Gasteiger partial charge >= 0.3 is 5.97 Å². The number of halogens is 1. The van der Waals surface area contributed by atoms with Crippen LogP contribution in [0.1, 0.15) is 36.2 Å². The van der Waals surface area contributed by atoms with E-state index < -0.39 is 5.97 Å². The Labute approximate surface area is 109 Å². The normalized spacial score (nSPS) is 11.5. The smallest absolute Gasteiger partial charge is 0.335 e. The van der Waals surface area contributed by atoms with Gasteiger partial charge in [-0.05, 0) is 73.0 Å². The first kappa shape index (κ1) is 13.4. The van der Waals surface area contributed by atoms with Gasteiger partial charge in [0.15, 0.2) is 0 Å². The van der Waals surface area contributed by atoms with E-state index in [2.05, 4.69) is 22.6 Å². The van der Waals surface area contributed by atoms with Crippen molar-refractivity contribution in [3.8, 4) is 0 Å².